The number of hydrogen-bond donors (Lipinski definition) is 2. The Balaban J connectivity index is 1.80. The Morgan fingerprint density at radius 2 is 2.28 bits per heavy atom. The fourth-order valence-corrected chi connectivity index (χ4v) is 2.10. The van der Waals surface area contributed by atoms with Crippen LogP contribution in [0.25, 0.3) is 0 Å². The Kier molecular flexibility index (Phi) is 4.73. The minimum atomic E-state index is 0.0446. The molecule has 2 rings (SSSR count). The first kappa shape index (κ1) is 13.1. The largest absolute Gasteiger partial charge is 0.378 e. The molecule has 0 aromatic heterocycles. The Hall–Kier alpha value is -1.39. The van der Waals surface area contributed by atoms with Gasteiger partial charge in [-0.3, -0.25) is 4.79 Å². The molecule has 18 heavy (non-hydrogen) atoms. The lowest BCUT2D eigenvalue weighted by atomic mass is 10.1. The smallest absolute Gasteiger partial charge is 0.222 e. The number of amides is 1. The van der Waals surface area contributed by atoms with Crippen LogP contribution in [0.2, 0.25) is 0 Å². The van der Waals surface area contributed by atoms with E-state index in [1.54, 1.807) is 0 Å². The van der Waals surface area contributed by atoms with Crippen molar-refractivity contribution in [2.24, 2.45) is 0 Å². The van der Waals surface area contributed by atoms with E-state index in [4.69, 9.17) is 4.74 Å². The fraction of sp³-hybridized carbons (Fsp3) is 0.500. The summed E-state index contributed by atoms with van der Waals surface area (Å²) >= 11 is 0. The lowest BCUT2D eigenvalue weighted by molar-refractivity contribution is -0.122. The van der Waals surface area contributed by atoms with Crippen molar-refractivity contribution in [2.45, 2.75) is 25.4 Å². The summed E-state index contributed by atoms with van der Waals surface area (Å²) in [5, 5.41) is 6.29. The molecular weight excluding hydrogens is 228 g/mol. The second-order valence-corrected chi connectivity index (χ2v) is 4.63. The molecule has 98 valence electrons. The third-order valence-corrected chi connectivity index (χ3v) is 3.11. The number of carbonyl (C=O) groups is 1. The first-order valence-corrected chi connectivity index (χ1v) is 6.41. The van der Waals surface area contributed by atoms with Crippen LogP contribution >= 0.6 is 0 Å². The number of ether oxygens (including phenoxy) is 1. The number of benzene rings is 1. The van der Waals surface area contributed by atoms with E-state index in [0.717, 1.165) is 18.7 Å². The Morgan fingerprint density at radius 1 is 1.50 bits per heavy atom. The van der Waals surface area contributed by atoms with Gasteiger partial charge in [0.2, 0.25) is 5.91 Å². The molecule has 4 heteroatoms. The summed E-state index contributed by atoms with van der Waals surface area (Å²) in [4.78, 5) is 11.9. The van der Waals surface area contributed by atoms with Gasteiger partial charge >= 0.3 is 0 Å². The zero-order valence-corrected chi connectivity index (χ0v) is 10.7. The highest BCUT2D eigenvalue weighted by molar-refractivity contribution is 5.77. The first-order valence-electron chi connectivity index (χ1n) is 6.41. The Labute approximate surface area is 108 Å². The lowest BCUT2D eigenvalue weighted by Crippen LogP contribution is -2.44. The molecule has 1 heterocycles. The van der Waals surface area contributed by atoms with Crippen LogP contribution in [0.15, 0.2) is 30.3 Å². The standard InChI is InChI=1S/C14H20N2O2/c1-11(12-5-3-2-4-6-12)16-14(17)9-13-10-18-8-7-15-13/h2-6,11,13,15H,7-10H2,1H3,(H,16,17)/t11-,13?/m1/s1. The van der Waals surface area contributed by atoms with Gasteiger partial charge in [0.25, 0.3) is 0 Å². The Bertz CT molecular complexity index is 375. The second-order valence-electron chi connectivity index (χ2n) is 4.63. The van der Waals surface area contributed by atoms with Gasteiger partial charge in [0.15, 0.2) is 0 Å². The Morgan fingerprint density at radius 3 is 2.94 bits per heavy atom. The molecule has 0 aliphatic carbocycles. The number of morpholine rings is 1. The van der Waals surface area contributed by atoms with Crippen LogP contribution in [0.5, 0.6) is 0 Å². The molecule has 4 nitrogen and oxygen atoms in total. The van der Waals surface area contributed by atoms with E-state index in [1.807, 2.05) is 37.3 Å². The van der Waals surface area contributed by atoms with E-state index < -0.39 is 0 Å². The molecule has 1 amide bonds. The normalized spacial score (nSPS) is 21.3. The minimum Gasteiger partial charge on any atom is -0.378 e. The average molecular weight is 248 g/mol. The number of hydrogen-bond acceptors (Lipinski definition) is 3. The summed E-state index contributed by atoms with van der Waals surface area (Å²) in [6, 6.07) is 10.2. The van der Waals surface area contributed by atoms with E-state index >= 15 is 0 Å². The minimum absolute atomic E-state index is 0.0446. The molecule has 2 atom stereocenters. The highest BCUT2D eigenvalue weighted by Gasteiger charge is 2.18. The van der Waals surface area contributed by atoms with Gasteiger partial charge in [-0.15, -0.1) is 0 Å². The maximum absolute atomic E-state index is 11.9. The molecule has 1 aliphatic rings. The van der Waals surface area contributed by atoms with Gasteiger partial charge in [0.05, 0.1) is 19.3 Å². The van der Waals surface area contributed by atoms with E-state index in [9.17, 15) is 4.79 Å². The topological polar surface area (TPSA) is 50.4 Å². The van der Waals surface area contributed by atoms with Gasteiger partial charge < -0.3 is 15.4 Å². The van der Waals surface area contributed by atoms with E-state index in [0.29, 0.717) is 13.0 Å². The number of carbonyl (C=O) groups excluding carboxylic acids is 1. The molecule has 1 aliphatic heterocycles. The van der Waals surface area contributed by atoms with Crippen LogP contribution in [0.3, 0.4) is 0 Å². The van der Waals surface area contributed by atoms with Crippen LogP contribution in [0.4, 0.5) is 0 Å². The van der Waals surface area contributed by atoms with Gasteiger partial charge in [-0.1, -0.05) is 30.3 Å². The average Bonchev–Trinajstić information content (AvgIpc) is 2.40. The van der Waals surface area contributed by atoms with Crippen molar-refractivity contribution in [3.05, 3.63) is 35.9 Å². The van der Waals surface area contributed by atoms with Gasteiger partial charge in [-0.25, -0.2) is 0 Å². The van der Waals surface area contributed by atoms with Gasteiger partial charge in [0.1, 0.15) is 0 Å². The molecule has 0 bridgehead atoms. The third-order valence-electron chi connectivity index (χ3n) is 3.11. The fourth-order valence-electron chi connectivity index (χ4n) is 2.10. The molecule has 2 N–H and O–H groups in total. The molecular formula is C14H20N2O2. The van der Waals surface area contributed by atoms with Crippen molar-refractivity contribution < 1.29 is 9.53 Å². The third kappa shape index (κ3) is 3.82. The summed E-state index contributed by atoms with van der Waals surface area (Å²) in [6.07, 6.45) is 0.469. The van der Waals surface area contributed by atoms with E-state index in [2.05, 4.69) is 10.6 Å². The van der Waals surface area contributed by atoms with Crippen molar-refractivity contribution in [1.82, 2.24) is 10.6 Å². The van der Waals surface area contributed by atoms with Gasteiger partial charge in [0, 0.05) is 19.0 Å². The lowest BCUT2D eigenvalue weighted by Gasteiger charge is -2.24. The molecule has 1 saturated heterocycles. The molecule has 1 fully saturated rings. The zero-order valence-electron chi connectivity index (χ0n) is 10.7. The van der Waals surface area contributed by atoms with Crippen molar-refractivity contribution in [3.8, 4) is 0 Å². The van der Waals surface area contributed by atoms with Crippen LogP contribution in [-0.2, 0) is 9.53 Å². The van der Waals surface area contributed by atoms with E-state index in [-0.39, 0.29) is 18.0 Å². The van der Waals surface area contributed by atoms with Crippen molar-refractivity contribution in [1.29, 1.82) is 0 Å². The monoisotopic (exact) mass is 248 g/mol. The van der Waals surface area contributed by atoms with E-state index in [1.165, 1.54) is 0 Å². The highest BCUT2D eigenvalue weighted by Crippen LogP contribution is 2.11. The SMILES string of the molecule is C[C@@H](NC(=O)CC1COCCN1)c1ccccc1. The molecule has 1 unspecified atom stereocenters. The quantitative estimate of drug-likeness (QED) is 0.843. The van der Waals surface area contributed by atoms with Crippen molar-refractivity contribution in [3.63, 3.8) is 0 Å². The van der Waals surface area contributed by atoms with Crippen LogP contribution in [0.1, 0.15) is 24.9 Å². The second kappa shape index (κ2) is 6.52. The summed E-state index contributed by atoms with van der Waals surface area (Å²) in [6.45, 7) is 4.18. The maximum atomic E-state index is 11.9. The predicted octanol–water partition coefficient (Wildman–Crippen LogP) is 1.24. The molecule has 0 radical (unpaired) electrons. The van der Waals surface area contributed by atoms with Crippen LogP contribution in [-0.4, -0.2) is 31.7 Å². The summed E-state index contributed by atoms with van der Waals surface area (Å²) < 4.78 is 5.33. The van der Waals surface area contributed by atoms with Gasteiger partial charge in [-0.2, -0.15) is 0 Å². The first-order chi connectivity index (χ1) is 8.75. The summed E-state index contributed by atoms with van der Waals surface area (Å²) in [5.41, 5.74) is 1.12. The predicted molar refractivity (Wildman–Crippen MR) is 70.2 cm³/mol. The molecule has 1 aromatic rings. The highest BCUT2D eigenvalue weighted by atomic mass is 16.5. The molecule has 0 saturated carbocycles. The summed E-state index contributed by atoms with van der Waals surface area (Å²) in [5.74, 6) is 0.0642. The number of rotatable bonds is 4. The zero-order chi connectivity index (χ0) is 12.8. The van der Waals surface area contributed by atoms with Crippen LogP contribution < -0.4 is 10.6 Å². The maximum Gasteiger partial charge on any atom is 0.222 e. The van der Waals surface area contributed by atoms with Crippen molar-refractivity contribution in [2.75, 3.05) is 19.8 Å². The van der Waals surface area contributed by atoms with Gasteiger partial charge in [-0.05, 0) is 12.5 Å². The van der Waals surface area contributed by atoms with Crippen molar-refractivity contribution >= 4 is 5.91 Å². The van der Waals surface area contributed by atoms with Crippen LogP contribution in [0, 0.1) is 0 Å². The summed E-state index contributed by atoms with van der Waals surface area (Å²) in [7, 11) is 0. The molecule has 0 spiro atoms. The molecule has 1 aromatic carbocycles. The number of nitrogens with one attached hydrogen (secondary N) is 2.